The summed E-state index contributed by atoms with van der Waals surface area (Å²) in [6.45, 7) is 6.66. The number of likely N-dealkylation sites (N-methyl/N-ethyl adjacent to an activating group) is 2. The molecular formula is C17H29N3O. The molecule has 2 rings (SSSR count). The fourth-order valence-corrected chi connectivity index (χ4v) is 4.08. The van der Waals surface area contributed by atoms with E-state index in [9.17, 15) is 0 Å². The zero-order chi connectivity index (χ0) is 15.3. The van der Waals surface area contributed by atoms with Gasteiger partial charge in [0.05, 0.1) is 13.2 Å². The van der Waals surface area contributed by atoms with Crippen LogP contribution in [0.4, 0.5) is 0 Å². The number of pyridine rings is 1. The Morgan fingerprint density at radius 1 is 1.33 bits per heavy atom. The van der Waals surface area contributed by atoms with Gasteiger partial charge < -0.3 is 10.1 Å². The smallest absolute Gasteiger partial charge is 0.142 e. The van der Waals surface area contributed by atoms with E-state index in [1.807, 2.05) is 25.4 Å². The number of methoxy groups -OCH3 is 1. The fraction of sp³-hybridized carbons (Fsp3) is 0.706. The van der Waals surface area contributed by atoms with Crippen molar-refractivity contribution in [2.24, 2.45) is 0 Å². The van der Waals surface area contributed by atoms with Crippen molar-refractivity contribution in [3.05, 3.63) is 24.0 Å². The molecule has 21 heavy (non-hydrogen) atoms. The number of nitrogens with zero attached hydrogens (tertiary/aromatic N) is 2. The third-order valence-electron chi connectivity index (χ3n) is 4.98. The average molecular weight is 291 g/mol. The van der Waals surface area contributed by atoms with E-state index >= 15 is 0 Å². The molecule has 1 saturated carbocycles. The molecule has 4 heteroatoms. The number of ether oxygens (including phenoxy) is 1. The summed E-state index contributed by atoms with van der Waals surface area (Å²) in [5.74, 6) is 0.885. The second-order valence-corrected chi connectivity index (χ2v) is 5.80. The Labute approximate surface area is 128 Å². The molecular weight excluding hydrogens is 262 g/mol. The van der Waals surface area contributed by atoms with Crippen LogP contribution in [-0.4, -0.2) is 42.7 Å². The van der Waals surface area contributed by atoms with Gasteiger partial charge >= 0.3 is 0 Å². The van der Waals surface area contributed by atoms with Crippen molar-refractivity contribution in [3.63, 3.8) is 0 Å². The molecule has 1 atom stereocenters. The van der Waals surface area contributed by atoms with Gasteiger partial charge in [0, 0.05) is 11.7 Å². The van der Waals surface area contributed by atoms with Crippen LogP contribution in [0, 0.1) is 0 Å². The first-order valence-corrected chi connectivity index (χ1v) is 8.14. The SMILES string of the molecule is CCN(CC)C1(C(NC)c2ncccc2OC)CCCC1. The molecule has 0 aromatic carbocycles. The van der Waals surface area contributed by atoms with Crippen molar-refractivity contribution in [3.8, 4) is 5.75 Å². The molecule has 1 aromatic rings. The predicted molar refractivity (Wildman–Crippen MR) is 86.7 cm³/mol. The normalized spacial score (nSPS) is 18.9. The van der Waals surface area contributed by atoms with E-state index in [-0.39, 0.29) is 11.6 Å². The molecule has 1 aromatic heterocycles. The van der Waals surface area contributed by atoms with Crippen LogP contribution in [0.2, 0.25) is 0 Å². The van der Waals surface area contributed by atoms with Gasteiger partial charge in [-0.1, -0.05) is 26.7 Å². The first kappa shape index (κ1) is 16.2. The summed E-state index contributed by atoms with van der Waals surface area (Å²) in [6, 6.07) is 4.15. The standard InChI is InChI=1S/C17H29N3O/c1-5-20(6-2)17(11-7-8-12-17)16(18-3)15-14(21-4)10-9-13-19-15/h9-10,13,16,18H,5-8,11-12H2,1-4H3. The first-order valence-electron chi connectivity index (χ1n) is 8.14. The lowest BCUT2D eigenvalue weighted by atomic mass is 9.83. The van der Waals surface area contributed by atoms with E-state index in [0.717, 1.165) is 24.5 Å². The van der Waals surface area contributed by atoms with Gasteiger partial charge in [0.25, 0.3) is 0 Å². The van der Waals surface area contributed by atoms with Gasteiger partial charge in [-0.05, 0) is 45.1 Å². The monoisotopic (exact) mass is 291 g/mol. The van der Waals surface area contributed by atoms with Gasteiger partial charge in [-0.3, -0.25) is 9.88 Å². The van der Waals surface area contributed by atoms with Crippen LogP contribution in [0.5, 0.6) is 5.75 Å². The Kier molecular flexibility index (Phi) is 5.59. The van der Waals surface area contributed by atoms with Crippen LogP contribution in [0.3, 0.4) is 0 Å². The van der Waals surface area contributed by atoms with Crippen LogP contribution in [0.25, 0.3) is 0 Å². The largest absolute Gasteiger partial charge is 0.495 e. The molecule has 0 spiro atoms. The summed E-state index contributed by atoms with van der Waals surface area (Å²) in [7, 11) is 3.77. The van der Waals surface area contributed by atoms with E-state index in [4.69, 9.17) is 4.74 Å². The number of aromatic nitrogens is 1. The van der Waals surface area contributed by atoms with Crippen molar-refractivity contribution >= 4 is 0 Å². The molecule has 1 unspecified atom stereocenters. The highest BCUT2D eigenvalue weighted by Crippen LogP contribution is 2.45. The predicted octanol–water partition coefficient (Wildman–Crippen LogP) is 3.01. The Hall–Kier alpha value is -1.13. The number of rotatable bonds is 7. The summed E-state index contributed by atoms with van der Waals surface area (Å²) in [5, 5.41) is 3.54. The van der Waals surface area contributed by atoms with Crippen LogP contribution < -0.4 is 10.1 Å². The lowest BCUT2D eigenvalue weighted by molar-refractivity contribution is 0.0630. The molecule has 1 aliphatic rings. The molecule has 0 saturated heterocycles. The van der Waals surface area contributed by atoms with Crippen LogP contribution >= 0.6 is 0 Å². The zero-order valence-corrected chi connectivity index (χ0v) is 13.9. The maximum absolute atomic E-state index is 5.56. The van der Waals surface area contributed by atoms with Crippen molar-refractivity contribution in [1.29, 1.82) is 0 Å². The van der Waals surface area contributed by atoms with Crippen molar-refractivity contribution in [2.45, 2.75) is 51.1 Å². The highest BCUT2D eigenvalue weighted by atomic mass is 16.5. The van der Waals surface area contributed by atoms with Crippen LogP contribution in [-0.2, 0) is 0 Å². The zero-order valence-electron chi connectivity index (χ0n) is 13.9. The summed E-state index contributed by atoms with van der Waals surface area (Å²) >= 11 is 0. The summed E-state index contributed by atoms with van der Waals surface area (Å²) < 4.78 is 5.56. The van der Waals surface area contributed by atoms with Gasteiger partial charge in [-0.2, -0.15) is 0 Å². The minimum atomic E-state index is 0.153. The summed E-state index contributed by atoms with van der Waals surface area (Å²) in [6.07, 6.45) is 6.90. The second kappa shape index (κ2) is 7.23. The van der Waals surface area contributed by atoms with E-state index in [1.165, 1.54) is 25.7 Å². The Balaban J connectivity index is 2.45. The fourth-order valence-electron chi connectivity index (χ4n) is 4.08. The molecule has 0 amide bonds. The summed E-state index contributed by atoms with van der Waals surface area (Å²) in [4.78, 5) is 7.25. The Bertz CT molecular complexity index is 439. The van der Waals surface area contributed by atoms with Crippen molar-refractivity contribution in [2.75, 3.05) is 27.2 Å². The number of hydrogen-bond donors (Lipinski definition) is 1. The first-order chi connectivity index (χ1) is 10.2. The van der Waals surface area contributed by atoms with Gasteiger partial charge in [0.1, 0.15) is 11.4 Å². The Morgan fingerprint density at radius 2 is 2.00 bits per heavy atom. The second-order valence-electron chi connectivity index (χ2n) is 5.80. The molecule has 4 nitrogen and oxygen atoms in total. The molecule has 1 fully saturated rings. The molecule has 1 N–H and O–H groups in total. The van der Waals surface area contributed by atoms with Gasteiger partial charge in [-0.15, -0.1) is 0 Å². The molecule has 1 heterocycles. The number of nitrogens with one attached hydrogen (secondary N) is 1. The maximum Gasteiger partial charge on any atom is 0.142 e. The van der Waals surface area contributed by atoms with Gasteiger partial charge in [0.2, 0.25) is 0 Å². The molecule has 0 bridgehead atoms. The van der Waals surface area contributed by atoms with Crippen LogP contribution in [0.15, 0.2) is 18.3 Å². The van der Waals surface area contributed by atoms with E-state index in [2.05, 4.69) is 29.0 Å². The Morgan fingerprint density at radius 3 is 2.52 bits per heavy atom. The van der Waals surface area contributed by atoms with Gasteiger partial charge in [-0.25, -0.2) is 0 Å². The molecule has 0 aliphatic heterocycles. The molecule has 0 radical (unpaired) electrons. The van der Waals surface area contributed by atoms with E-state index in [1.54, 1.807) is 7.11 Å². The lowest BCUT2D eigenvalue weighted by Crippen LogP contribution is -2.54. The number of hydrogen-bond acceptors (Lipinski definition) is 4. The van der Waals surface area contributed by atoms with Gasteiger partial charge in [0.15, 0.2) is 0 Å². The van der Waals surface area contributed by atoms with Crippen LogP contribution in [0.1, 0.15) is 51.3 Å². The molecule has 118 valence electrons. The van der Waals surface area contributed by atoms with E-state index in [0.29, 0.717) is 0 Å². The summed E-state index contributed by atoms with van der Waals surface area (Å²) in [5.41, 5.74) is 1.19. The van der Waals surface area contributed by atoms with Crippen molar-refractivity contribution < 1.29 is 4.74 Å². The minimum Gasteiger partial charge on any atom is -0.495 e. The third-order valence-corrected chi connectivity index (χ3v) is 4.98. The molecule has 1 aliphatic carbocycles. The van der Waals surface area contributed by atoms with Crippen molar-refractivity contribution in [1.82, 2.24) is 15.2 Å². The quantitative estimate of drug-likeness (QED) is 0.838. The lowest BCUT2D eigenvalue weighted by Gasteiger charge is -2.46. The topological polar surface area (TPSA) is 37.4 Å². The maximum atomic E-state index is 5.56. The third kappa shape index (κ3) is 2.92. The highest BCUT2D eigenvalue weighted by molar-refractivity contribution is 5.32. The average Bonchev–Trinajstić information content (AvgIpc) is 3.00. The minimum absolute atomic E-state index is 0.153. The van der Waals surface area contributed by atoms with E-state index < -0.39 is 0 Å². The highest BCUT2D eigenvalue weighted by Gasteiger charge is 2.46.